The Morgan fingerprint density at radius 3 is 2.31 bits per heavy atom. The van der Waals surface area contributed by atoms with E-state index in [4.69, 9.17) is 0 Å². The van der Waals surface area contributed by atoms with Crippen LogP contribution in [0.25, 0.3) is 0 Å². The number of nitrogens with one attached hydrogen (secondary N) is 2. The molecule has 1 aliphatic heterocycles. The molecule has 0 saturated carbocycles. The van der Waals surface area contributed by atoms with Crippen LogP contribution >= 0.6 is 0 Å². The third-order valence-corrected chi connectivity index (χ3v) is 1.91. The number of amides is 2. The maximum absolute atomic E-state index is 11.2. The molecule has 1 fully saturated rings. The summed E-state index contributed by atoms with van der Waals surface area (Å²) in [5, 5.41) is 5.37. The number of rotatable bonds is 1. The van der Waals surface area contributed by atoms with E-state index in [-0.39, 0.29) is 17.9 Å². The van der Waals surface area contributed by atoms with Crippen molar-refractivity contribution in [3.8, 4) is 0 Å². The highest BCUT2D eigenvalue weighted by molar-refractivity contribution is 5.86. The first-order valence-electron chi connectivity index (χ1n) is 6.25. The molecule has 4 heteroatoms. The molecule has 1 saturated heterocycles. The van der Waals surface area contributed by atoms with Crippen molar-refractivity contribution >= 4 is 11.8 Å². The zero-order chi connectivity index (χ0) is 13.0. The van der Waals surface area contributed by atoms with Gasteiger partial charge in [-0.15, -0.1) is 0 Å². The third kappa shape index (κ3) is 8.26. The van der Waals surface area contributed by atoms with Crippen molar-refractivity contribution in [3.05, 3.63) is 0 Å². The van der Waals surface area contributed by atoms with Crippen molar-refractivity contribution in [2.45, 2.75) is 59.9 Å². The van der Waals surface area contributed by atoms with Crippen molar-refractivity contribution in [2.75, 3.05) is 6.54 Å². The Morgan fingerprint density at radius 1 is 1.25 bits per heavy atom. The molecule has 2 N–H and O–H groups in total. The molecule has 1 heterocycles. The fourth-order valence-corrected chi connectivity index (χ4v) is 1.32. The molecule has 4 nitrogen and oxygen atoms in total. The molecule has 0 spiro atoms. The summed E-state index contributed by atoms with van der Waals surface area (Å²) < 4.78 is 0. The predicted octanol–water partition coefficient (Wildman–Crippen LogP) is 1.84. The normalized spacial score (nSPS) is 18.8. The van der Waals surface area contributed by atoms with E-state index in [0.717, 1.165) is 25.8 Å². The van der Waals surface area contributed by atoms with Gasteiger partial charge >= 0.3 is 0 Å². The first kappa shape index (κ1) is 17.3. The Kier molecular flexibility index (Phi) is 13.0. The van der Waals surface area contributed by atoms with Gasteiger partial charge in [0.1, 0.15) is 6.04 Å². The van der Waals surface area contributed by atoms with Gasteiger partial charge in [0.25, 0.3) is 0 Å². The van der Waals surface area contributed by atoms with Crippen molar-refractivity contribution in [3.63, 3.8) is 0 Å². The Morgan fingerprint density at radius 2 is 1.81 bits per heavy atom. The van der Waals surface area contributed by atoms with Crippen molar-refractivity contribution in [1.29, 1.82) is 0 Å². The molecular formula is C12H26N2O2. The summed E-state index contributed by atoms with van der Waals surface area (Å²) >= 11 is 0. The van der Waals surface area contributed by atoms with E-state index in [2.05, 4.69) is 10.6 Å². The number of carbonyl (C=O) groups is 2. The van der Waals surface area contributed by atoms with Crippen molar-refractivity contribution in [1.82, 2.24) is 10.6 Å². The zero-order valence-electron chi connectivity index (χ0n) is 11.2. The number of hydrogen-bond acceptors (Lipinski definition) is 2. The van der Waals surface area contributed by atoms with Crippen LogP contribution in [0.4, 0.5) is 0 Å². The van der Waals surface area contributed by atoms with Gasteiger partial charge in [-0.05, 0) is 19.3 Å². The lowest BCUT2D eigenvalue weighted by atomic mass is 10.1. The van der Waals surface area contributed by atoms with Crippen LogP contribution in [-0.4, -0.2) is 24.4 Å². The van der Waals surface area contributed by atoms with Gasteiger partial charge in [-0.2, -0.15) is 0 Å². The second-order valence-corrected chi connectivity index (χ2v) is 3.04. The van der Waals surface area contributed by atoms with Crippen LogP contribution in [0.5, 0.6) is 0 Å². The first-order valence-corrected chi connectivity index (χ1v) is 6.25. The van der Waals surface area contributed by atoms with Gasteiger partial charge in [-0.1, -0.05) is 27.7 Å². The topological polar surface area (TPSA) is 58.2 Å². The molecule has 0 aromatic carbocycles. The highest BCUT2D eigenvalue weighted by Crippen LogP contribution is 2.04. The third-order valence-electron chi connectivity index (χ3n) is 1.91. The lowest BCUT2D eigenvalue weighted by Crippen LogP contribution is -2.44. The fraction of sp³-hybridized carbons (Fsp3) is 0.833. The Labute approximate surface area is 99.2 Å². The van der Waals surface area contributed by atoms with Crippen LogP contribution in [0.15, 0.2) is 0 Å². The summed E-state index contributed by atoms with van der Waals surface area (Å²) in [6.45, 7) is 10.2. The molecule has 1 atom stereocenters. The van der Waals surface area contributed by atoms with Crippen LogP contribution < -0.4 is 10.6 Å². The molecule has 0 radical (unpaired) electrons. The minimum Gasteiger partial charge on any atom is -0.354 e. The first-order chi connectivity index (χ1) is 7.70. The largest absolute Gasteiger partial charge is 0.354 e. The summed E-state index contributed by atoms with van der Waals surface area (Å²) in [4.78, 5) is 21.9. The van der Waals surface area contributed by atoms with E-state index >= 15 is 0 Å². The molecule has 1 unspecified atom stereocenters. The van der Waals surface area contributed by atoms with Gasteiger partial charge in [0, 0.05) is 13.5 Å². The summed E-state index contributed by atoms with van der Waals surface area (Å²) in [5.41, 5.74) is 0. The van der Waals surface area contributed by atoms with E-state index in [1.165, 1.54) is 6.92 Å². The van der Waals surface area contributed by atoms with E-state index in [9.17, 15) is 9.59 Å². The second kappa shape index (κ2) is 12.0. The van der Waals surface area contributed by atoms with Crippen LogP contribution in [0.3, 0.4) is 0 Å². The monoisotopic (exact) mass is 230 g/mol. The molecule has 16 heavy (non-hydrogen) atoms. The average molecular weight is 230 g/mol. The molecule has 0 aliphatic carbocycles. The highest BCUT2D eigenvalue weighted by Gasteiger charge is 2.20. The minimum atomic E-state index is -0.315. The van der Waals surface area contributed by atoms with Gasteiger partial charge in [0.15, 0.2) is 0 Å². The molecule has 0 aromatic rings. The van der Waals surface area contributed by atoms with Gasteiger partial charge in [0.05, 0.1) is 0 Å². The van der Waals surface area contributed by atoms with Crippen LogP contribution in [0.1, 0.15) is 53.9 Å². The van der Waals surface area contributed by atoms with Crippen LogP contribution in [0, 0.1) is 0 Å². The van der Waals surface area contributed by atoms with E-state index in [1.807, 2.05) is 27.7 Å². The maximum Gasteiger partial charge on any atom is 0.242 e. The fourth-order valence-electron chi connectivity index (χ4n) is 1.32. The quantitative estimate of drug-likeness (QED) is 0.722. The zero-order valence-corrected chi connectivity index (χ0v) is 11.2. The molecular weight excluding hydrogens is 204 g/mol. The smallest absolute Gasteiger partial charge is 0.242 e. The second-order valence-electron chi connectivity index (χ2n) is 3.04. The lowest BCUT2D eigenvalue weighted by Gasteiger charge is -2.12. The van der Waals surface area contributed by atoms with Crippen molar-refractivity contribution < 1.29 is 9.59 Å². The van der Waals surface area contributed by atoms with Crippen molar-refractivity contribution in [2.24, 2.45) is 0 Å². The maximum atomic E-state index is 11.2. The average Bonchev–Trinajstić information content (AvgIpc) is 2.50. The standard InChI is InChI=1S/C8H14N2O2.2C2H6/c1-6(11)10-7-4-2-3-5-9-8(7)12;2*1-2/h7H,2-5H2,1H3,(H,9,12)(H,10,11);2*1-2H3. The highest BCUT2D eigenvalue weighted by atomic mass is 16.2. The number of hydrogen-bond donors (Lipinski definition) is 2. The minimum absolute atomic E-state index is 0.0531. The number of carbonyl (C=O) groups excluding carboxylic acids is 2. The van der Waals surface area contributed by atoms with E-state index in [0.29, 0.717) is 0 Å². The summed E-state index contributed by atoms with van der Waals surface area (Å²) in [5.74, 6) is -0.195. The van der Waals surface area contributed by atoms with Gasteiger partial charge < -0.3 is 10.6 Å². The Balaban J connectivity index is 0. The molecule has 0 aromatic heterocycles. The van der Waals surface area contributed by atoms with Crippen LogP contribution in [0.2, 0.25) is 0 Å². The van der Waals surface area contributed by atoms with E-state index in [1.54, 1.807) is 0 Å². The molecule has 2 amide bonds. The summed E-state index contributed by atoms with van der Waals surface area (Å²) in [7, 11) is 0. The van der Waals surface area contributed by atoms with Gasteiger partial charge in [-0.25, -0.2) is 0 Å². The summed E-state index contributed by atoms with van der Waals surface area (Å²) in [6.07, 6.45) is 2.75. The van der Waals surface area contributed by atoms with E-state index < -0.39 is 0 Å². The van der Waals surface area contributed by atoms with Gasteiger partial charge in [-0.3, -0.25) is 9.59 Å². The lowest BCUT2D eigenvalue weighted by molar-refractivity contribution is -0.127. The SMILES string of the molecule is CC.CC.CC(=O)NC1CCCCNC1=O. The predicted molar refractivity (Wildman–Crippen MR) is 67.2 cm³/mol. The van der Waals surface area contributed by atoms with Gasteiger partial charge in [0.2, 0.25) is 11.8 Å². The Bertz CT molecular complexity index is 193. The summed E-state index contributed by atoms with van der Waals surface area (Å²) in [6, 6.07) is -0.315. The molecule has 96 valence electrons. The van der Waals surface area contributed by atoms with Crippen LogP contribution in [-0.2, 0) is 9.59 Å². The molecule has 0 bridgehead atoms. The molecule has 1 aliphatic rings. The Hall–Kier alpha value is -1.06. The molecule has 1 rings (SSSR count).